The number of carbonyl (C=O) groups is 2. The summed E-state index contributed by atoms with van der Waals surface area (Å²) in [6.45, 7) is 1.78. The first kappa shape index (κ1) is 19.4. The largest absolute Gasteiger partial charge is 0.393 e. The number of benzene rings is 1. The molecule has 1 saturated heterocycles. The van der Waals surface area contributed by atoms with Gasteiger partial charge < -0.3 is 20.6 Å². The molecule has 1 fully saturated rings. The van der Waals surface area contributed by atoms with Gasteiger partial charge in [0.15, 0.2) is 0 Å². The maximum atomic E-state index is 12.4. The van der Waals surface area contributed by atoms with Gasteiger partial charge in [0.2, 0.25) is 5.91 Å². The molecule has 0 spiro atoms. The molecule has 2 amide bonds. The highest BCUT2D eigenvalue weighted by Gasteiger charge is 2.30. The molecular formula is C21H25N5O3. The molecule has 3 N–H and O–H groups in total. The van der Waals surface area contributed by atoms with Crippen molar-refractivity contribution in [3.63, 3.8) is 0 Å². The van der Waals surface area contributed by atoms with E-state index in [1.165, 1.54) is 0 Å². The third-order valence-corrected chi connectivity index (χ3v) is 5.45. The van der Waals surface area contributed by atoms with Crippen molar-refractivity contribution >= 4 is 23.3 Å². The van der Waals surface area contributed by atoms with Crippen LogP contribution in [0.1, 0.15) is 34.9 Å². The lowest BCUT2D eigenvalue weighted by Gasteiger charge is -2.35. The highest BCUT2D eigenvalue weighted by atomic mass is 16.3. The molecule has 1 atom stereocenters. The Labute approximate surface area is 169 Å². The molecule has 0 radical (unpaired) electrons. The van der Waals surface area contributed by atoms with Gasteiger partial charge in [-0.3, -0.25) is 14.5 Å². The second-order valence-corrected chi connectivity index (χ2v) is 7.54. The topological polar surface area (TPSA) is 97.8 Å². The van der Waals surface area contributed by atoms with Crippen molar-refractivity contribution < 1.29 is 14.7 Å². The van der Waals surface area contributed by atoms with E-state index in [9.17, 15) is 14.7 Å². The first-order valence-corrected chi connectivity index (χ1v) is 9.80. The molecule has 1 unspecified atom stereocenters. The first-order chi connectivity index (χ1) is 14.0. The van der Waals surface area contributed by atoms with Crippen LogP contribution in [0.4, 0.5) is 11.5 Å². The van der Waals surface area contributed by atoms with Gasteiger partial charge in [0.1, 0.15) is 12.0 Å². The van der Waals surface area contributed by atoms with Crippen LogP contribution < -0.4 is 15.5 Å². The van der Waals surface area contributed by atoms with E-state index in [2.05, 4.69) is 15.6 Å². The average molecular weight is 395 g/mol. The minimum atomic E-state index is -0.325. The number of fused-ring (bicyclic) bond motifs is 1. The van der Waals surface area contributed by atoms with Crippen molar-refractivity contribution in [2.45, 2.75) is 25.1 Å². The maximum Gasteiger partial charge on any atom is 0.256 e. The van der Waals surface area contributed by atoms with Gasteiger partial charge in [-0.15, -0.1) is 0 Å². The molecule has 3 heterocycles. The summed E-state index contributed by atoms with van der Waals surface area (Å²) in [5, 5.41) is 15.5. The van der Waals surface area contributed by atoms with Gasteiger partial charge in [-0.2, -0.15) is 0 Å². The van der Waals surface area contributed by atoms with Crippen LogP contribution in [-0.4, -0.2) is 59.6 Å². The van der Waals surface area contributed by atoms with Crippen LogP contribution in [0.3, 0.4) is 0 Å². The Kier molecular flexibility index (Phi) is 5.46. The normalized spacial score (nSPS) is 20.1. The number of aliphatic hydroxyl groups is 1. The van der Waals surface area contributed by atoms with Crippen molar-refractivity contribution in [1.29, 1.82) is 0 Å². The predicted octanol–water partition coefficient (Wildman–Crippen LogP) is 1.36. The molecule has 2 aliphatic heterocycles. The molecule has 1 aromatic carbocycles. The lowest BCUT2D eigenvalue weighted by Crippen LogP contribution is -2.45. The third kappa shape index (κ3) is 4.23. The van der Waals surface area contributed by atoms with Gasteiger partial charge >= 0.3 is 0 Å². The fraction of sp³-hybridized carbons (Fsp3) is 0.381. The van der Waals surface area contributed by atoms with Gasteiger partial charge in [0.25, 0.3) is 5.91 Å². The number of nitrogens with zero attached hydrogens (tertiary/aromatic N) is 3. The number of pyridine rings is 1. The minimum absolute atomic E-state index is 0.0737. The van der Waals surface area contributed by atoms with Gasteiger partial charge in [0.05, 0.1) is 18.2 Å². The van der Waals surface area contributed by atoms with Crippen molar-refractivity contribution in [3.8, 4) is 0 Å². The number of aromatic nitrogens is 1. The van der Waals surface area contributed by atoms with E-state index in [0.717, 1.165) is 18.7 Å². The standard InChI is InChI=1S/C21H25N5O3/c1-25-19(24-21(29)17-3-2-10-22-20(17)25)14-4-6-15(7-5-14)23-18(28)13-26-11-8-16(27)9-12-26/h2-7,10,16,19,27H,8-9,11-13H2,1H3,(H,23,28)(H,24,29). The first-order valence-electron chi connectivity index (χ1n) is 9.80. The monoisotopic (exact) mass is 395 g/mol. The molecule has 8 nitrogen and oxygen atoms in total. The Bertz CT molecular complexity index is 893. The number of rotatable bonds is 4. The molecule has 4 rings (SSSR count). The Hall–Kier alpha value is -2.97. The van der Waals surface area contributed by atoms with E-state index in [1.807, 2.05) is 41.1 Å². The van der Waals surface area contributed by atoms with Crippen molar-refractivity contribution in [1.82, 2.24) is 15.2 Å². The third-order valence-electron chi connectivity index (χ3n) is 5.45. The van der Waals surface area contributed by atoms with Crippen LogP contribution >= 0.6 is 0 Å². The number of anilines is 2. The molecule has 0 aliphatic carbocycles. The number of aliphatic hydroxyl groups excluding tert-OH is 1. The molecule has 0 saturated carbocycles. The number of amides is 2. The van der Waals surface area contributed by atoms with E-state index in [0.29, 0.717) is 36.5 Å². The van der Waals surface area contributed by atoms with Crippen LogP contribution in [0.25, 0.3) is 0 Å². The fourth-order valence-corrected chi connectivity index (χ4v) is 3.81. The van der Waals surface area contributed by atoms with Gasteiger partial charge in [-0.1, -0.05) is 12.1 Å². The van der Waals surface area contributed by atoms with Crippen LogP contribution in [0.2, 0.25) is 0 Å². The quantitative estimate of drug-likeness (QED) is 0.723. The van der Waals surface area contributed by atoms with Gasteiger partial charge in [-0.25, -0.2) is 4.98 Å². The lowest BCUT2D eigenvalue weighted by atomic mass is 10.1. The molecule has 1 aromatic heterocycles. The van der Waals surface area contributed by atoms with Crippen LogP contribution in [0, 0.1) is 0 Å². The summed E-state index contributed by atoms with van der Waals surface area (Å²) in [6, 6.07) is 11.0. The van der Waals surface area contributed by atoms with Crippen molar-refractivity contribution in [2.24, 2.45) is 0 Å². The molecule has 2 aromatic rings. The van der Waals surface area contributed by atoms with Crippen LogP contribution in [-0.2, 0) is 4.79 Å². The summed E-state index contributed by atoms with van der Waals surface area (Å²) < 4.78 is 0. The van der Waals surface area contributed by atoms with E-state index in [4.69, 9.17) is 0 Å². The van der Waals surface area contributed by atoms with Gasteiger partial charge in [0, 0.05) is 32.0 Å². The molecule has 2 aliphatic rings. The molecule has 152 valence electrons. The van der Waals surface area contributed by atoms with Crippen LogP contribution in [0.5, 0.6) is 0 Å². The molecular weight excluding hydrogens is 370 g/mol. The lowest BCUT2D eigenvalue weighted by molar-refractivity contribution is -0.117. The highest BCUT2D eigenvalue weighted by Crippen LogP contribution is 2.30. The summed E-state index contributed by atoms with van der Waals surface area (Å²) in [5.74, 6) is 0.417. The predicted molar refractivity (Wildman–Crippen MR) is 110 cm³/mol. The zero-order chi connectivity index (χ0) is 20.4. The fourth-order valence-electron chi connectivity index (χ4n) is 3.81. The second-order valence-electron chi connectivity index (χ2n) is 7.54. The Balaban J connectivity index is 1.39. The minimum Gasteiger partial charge on any atom is -0.393 e. The van der Waals surface area contributed by atoms with Crippen molar-refractivity contribution in [2.75, 3.05) is 36.9 Å². The Morgan fingerprint density at radius 2 is 1.97 bits per heavy atom. The summed E-state index contributed by atoms with van der Waals surface area (Å²) in [5.41, 5.74) is 2.17. The smallest absolute Gasteiger partial charge is 0.256 e. The average Bonchev–Trinajstić information content (AvgIpc) is 2.73. The van der Waals surface area contributed by atoms with E-state index in [1.54, 1.807) is 18.3 Å². The number of hydrogen-bond acceptors (Lipinski definition) is 6. The number of likely N-dealkylation sites (tertiary alicyclic amines) is 1. The summed E-state index contributed by atoms with van der Waals surface area (Å²) in [4.78, 5) is 33.0. The highest BCUT2D eigenvalue weighted by molar-refractivity contribution is 6.01. The molecule has 8 heteroatoms. The number of nitrogens with one attached hydrogen (secondary N) is 2. The second kappa shape index (κ2) is 8.18. The van der Waals surface area contributed by atoms with Crippen LogP contribution in [0.15, 0.2) is 42.6 Å². The van der Waals surface area contributed by atoms with E-state index < -0.39 is 0 Å². The van der Waals surface area contributed by atoms with E-state index in [-0.39, 0.29) is 24.1 Å². The molecule has 29 heavy (non-hydrogen) atoms. The van der Waals surface area contributed by atoms with E-state index >= 15 is 0 Å². The summed E-state index contributed by atoms with van der Waals surface area (Å²) >= 11 is 0. The van der Waals surface area contributed by atoms with Crippen molar-refractivity contribution in [3.05, 3.63) is 53.7 Å². The van der Waals surface area contributed by atoms with Gasteiger partial charge in [-0.05, 0) is 42.7 Å². The number of piperidine rings is 1. The SMILES string of the molecule is CN1c2ncccc2C(=O)NC1c1ccc(NC(=O)CN2CCC(O)CC2)cc1. The Morgan fingerprint density at radius 3 is 2.69 bits per heavy atom. The summed E-state index contributed by atoms with van der Waals surface area (Å²) in [7, 11) is 1.89. The summed E-state index contributed by atoms with van der Waals surface area (Å²) in [6.07, 6.45) is 2.52. The number of carbonyl (C=O) groups excluding carboxylic acids is 2. The maximum absolute atomic E-state index is 12.4. The number of hydrogen-bond donors (Lipinski definition) is 3. The molecule has 0 bridgehead atoms. The zero-order valence-corrected chi connectivity index (χ0v) is 16.3. The zero-order valence-electron chi connectivity index (χ0n) is 16.3. The Morgan fingerprint density at radius 1 is 1.24 bits per heavy atom.